The first kappa shape index (κ1) is 20.2. The minimum absolute atomic E-state index is 0.0485. The maximum atomic E-state index is 13.4. The van der Waals surface area contributed by atoms with Gasteiger partial charge in [-0.1, -0.05) is 25.1 Å². The quantitative estimate of drug-likeness (QED) is 0.685. The number of benzene rings is 2. The highest BCUT2D eigenvalue weighted by molar-refractivity contribution is 8.13. The van der Waals surface area contributed by atoms with Gasteiger partial charge >= 0.3 is 6.18 Å². The first-order valence-electron chi connectivity index (χ1n) is 8.07. The summed E-state index contributed by atoms with van der Waals surface area (Å²) in [5.41, 5.74) is 1.14. The number of hydrogen-bond donors (Lipinski definition) is 1. The number of rotatable bonds is 5. The maximum Gasteiger partial charge on any atom is 0.416 e. The van der Waals surface area contributed by atoms with Gasteiger partial charge in [0.15, 0.2) is 0 Å². The van der Waals surface area contributed by atoms with Gasteiger partial charge in [0.2, 0.25) is 0 Å². The summed E-state index contributed by atoms with van der Waals surface area (Å²) in [5, 5.41) is 1.96. The van der Waals surface area contributed by atoms with Crippen molar-refractivity contribution in [1.82, 2.24) is 5.32 Å². The fraction of sp³-hybridized carbons (Fsp3) is 0.316. The highest BCUT2D eigenvalue weighted by Gasteiger charge is 2.34. The van der Waals surface area contributed by atoms with E-state index in [9.17, 15) is 18.0 Å². The molecule has 0 radical (unpaired) electrons. The summed E-state index contributed by atoms with van der Waals surface area (Å²) in [6, 6.07) is 9.37. The van der Waals surface area contributed by atoms with E-state index in [0.717, 1.165) is 23.6 Å². The number of aryl methyl sites for hydroxylation is 2. The molecule has 3 nitrogen and oxygen atoms in total. The lowest BCUT2D eigenvalue weighted by atomic mass is 10.1. The lowest BCUT2D eigenvalue weighted by Crippen LogP contribution is -2.15. The number of hydrogen-bond acceptors (Lipinski definition) is 3. The second kappa shape index (κ2) is 8.49. The van der Waals surface area contributed by atoms with Crippen molar-refractivity contribution in [1.29, 1.82) is 0 Å². The Morgan fingerprint density at radius 3 is 2.54 bits per heavy atom. The first-order chi connectivity index (χ1) is 12.3. The smallest absolute Gasteiger partial charge is 0.416 e. The number of carbonyl (C=O) groups is 1. The van der Waals surface area contributed by atoms with E-state index in [1.807, 2.05) is 26.0 Å². The van der Waals surface area contributed by atoms with Gasteiger partial charge in [0.1, 0.15) is 12.4 Å². The molecule has 0 saturated carbocycles. The zero-order valence-electron chi connectivity index (χ0n) is 14.7. The van der Waals surface area contributed by atoms with Crippen LogP contribution in [0.25, 0.3) is 0 Å². The third-order valence-electron chi connectivity index (χ3n) is 3.86. The average molecular weight is 383 g/mol. The van der Waals surface area contributed by atoms with E-state index >= 15 is 0 Å². The van der Waals surface area contributed by atoms with Crippen molar-refractivity contribution < 1.29 is 22.7 Å². The molecule has 0 saturated heterocycles. The van der Waals surface area contributed by atoms with Crippen molar-refractivity contribution in [2.45, 2.75) is 37.9 Å². The van der Waals surface area contributed by atoms with Gasteiger partial charge in [-0.25, -0.2) is 0 Å². The van der Waals surface area contributed by atoms with Crippen LogP contribution in [0.3, 0.4) is 0 Å². The van der Waals surface area contributed by atoms with Crippen LogP contribution in [-0.2, 0) is 19.2 Å². The summed E-state index contributed by atoms with van der Waals surface area (Å²) in [7, 11) is 1.43. The Hall–Kier alpha value is -2.15. The molecule has 0 heterocycles. The van der Waals surface area contributed by atoms with Crippen molar-refractivity contribution in [2.75, 3.05) is 7.05 Å². The van der Waals surface area contributed by atoms with Crippen molar-refractivity contribution in [3.05, 3.63) is 58.7 Å². The third-order valence-corrected chi connectivity index (χ3v) is 4.86. The molecule has 140 valence electrons. The molecule has 2 rings (SSSR count). The van der Waals surface area contributed by atoms with Crippen LogP contribution >= 0.6 is 11.8 Å². The minimum atomic E-state index is -4.53. The number of nitrogens with one attached hydrogen (secondary N) is 1. The van der Waals surface area contributed by atoms with E-state index in [4.69, 9.17) is 4.74 Å². The monoisotopic (exact) mass is 383 g/mol. The minimum Gasteiger partial charge on any atom is -0.489 e. The molecule has 0 aliphatic carbocycles. The van der Waals surface area contributed by atoms with Crippen LogP contribution < -0.4 is 10.1 Å². The molecule has 2 aromatic rings. The van der Waals surface area contributed by atoms with E-state index in [1.165, 1.54) is 19.2 Å². The topological polar surface area (TPSA) is 38.3 Å². The van der Waals surface area contributed by atoms with Crippen LogP contribution in [0.4, 0.5) is 18.0 Å². The van der Waals surface area contributed by atoms with Crippen LogP contribution in [0.15, 0.2) is 41.3 Å². The molecule has 7 heteroatoms. The number of thioether (sulfide) groups is 1. The van der Waals surface area contributed by atoms with Crippen molar-refractivity contribution in [3.63, 3.8) is 0 Å². The summed E-state index contributed by atoms with van der Waals surface area (Å²) < 4.78 is 45.8. The first-order valence-corrected chi connectivity index (χ1v) is 8.88. The standard InChI is InChI=1S/C19H20F3NO2S/c1-4-13-8-9-16(12(2)10-13)25-11-14-15(19(20,21)22)6-5-7-17(14)26-18(24)23-3/h5-10H,4,11H2,1-3H3,(H,23,24). The van der Waals surface area contributed by atoms with Crippen LogP contribution in [0, 0.1) is 6.92 Å². The summed E-state index contributed by atoms with van der Waals surface area (Å²) in [4.78, 5) is 11.8. The van der Waals surface area contributed by atoms with Crippen LogP contribution in [-0.4, -0.2) is 12.3 Å². The van der Waals surface area contributed by atoms with Gasteiger partial charge in [-0.3, -0.25) is 4.79 Å². The van der Waals surface area contributed by atoms with Crippen LogP contribution in [0.1, 0.15) is 29.2 Å². The fourth-order valence-corrected chi connectivity index (χ4v) is 3.21. The second-order valence-electron chi connectivity index (χ2n) is 5.66. The molecule has 0 unspecified atom stereocenters. The van der Waals surface area contributed by atoms with Gasteiger partial charge in [0.25, 0.3) is 5.24 Å². The SMILES string of the molecule is CCc1ccc(OCc2c(SC(=O)NC)cccc2C(F)(F)F)c(C)c1. The lowest BCUT2D eigenvalue weighted by molar-refractivity contribution is -0.138. The molecule has 0 aliphatic rings. The summed E-state index contributed by atoms with van der Waals surface area (Å²) >= 11 is 0.716. The molecule has 1 amide bonds. The molecule has 26 heavy (non-hydrogen) atoms. The Balaban J connectivity index is 2.35. The fourth-order valence-electron chi connectivity index (χ4n) is 2.47. The number of amides is 1. The molecule has 2 aromatic carbocycles. The van der Waals surface area contributed by atoms with Crippen molar-refractivity contribution >= 4 is 17.0 Å². The van der Waals surface area contributed by atoms with Gasteiger partial charge in [0.05, 0.1) is 5.56 Å². The molecule has 0 fully saturated rings. The van der Waals surface area contributed by atoms with E-state index < -0.39 is 17.0 Å². The molecule has 1 N–H and O–H groups in total. The van der Waals surface area contributed by atoms with Crippen LogP contribution in [0.2, 0.25) is 0 Å². The van der Waals surface area contributed by atoms with Gasteiger partial charge in [-0.2, -0.15) is 13.2 Å². The molecular formula is C19H20F3NO2S. The van der Waals surface area contributed by atoms with E-state index in [0.29, 0.717) is 17.5 Å². The van der Waals surface area contributed by atoms with Gasteiger partial charge in [-0.15, -0.1) is 0 Å². The maximum absolute atomic E-state index is 13.4. The molecule has 0 aliphatic heterocycles. The zero-order chi connectivity index (χ0) is 19.3. The van der Waals surface area contributed by atoms with Crippen LogP contribution in [0.5, 0.6) is 5.75 Å². The predicted molar refractivity (Wildman–Crippen MR) is 96.6 cm³/mol. The Morgan fingerprint density at radius 1 is 1.23 bits per heavy atom. The largest absolute Gasteiger partial charge is 0.489 e. The molecule has 0 aromatic heterocycles. The van der Waals surface area contributed by atoms with Gasteiger partial charge < -0.3 is 10.1 Å². The van der Waals surface area contributed by atoms with Gasteiger partial charge in [-0.05, 0) is 54.4 Å². The summed E-state index contributed by atoms with van der Waals surface area (Å²) in [6.45, 7) is 3.60. The average Bonchev–Trinajstić information content (AvgIpc) is 2.60. The van der Waals surface area contributed by atoms with Crippen molar-refractivity contribution in [3.8, 4) is 5.75 Å². The molecular weight excluding hydrogens is 363 g/mol. The van der Waals surface area contributed by atoms with Crippen molar-refractivity contribution in [2.24, 2.45) is 0 Å². The molecule has 0 spiro atoms. The predicted octanol–water partition coefficient (Wildman–Crippen LogP) is 5.59. The number of halogens is 3. The molecule has 0 atom stereocenters. The lowest BCUT2D eigenvalue weighted by Gasteiger charge is -2.18. The Morgan fingerprint density at radius 2 is 1.96 bits per heavy atom. The summed E-state index contributed by atoms with van der Waals surface area (Å²) in [5.74, 6) is 0.523. The number of ether oxygens (including phenoxy) is 1. The number of alkyl halides is 3. The Labute approximate surface area is 154 Å². The highest BCUT2D eigenvalue weighted by atomic mass is 32.2. The van der Waals surface area contributed by atoms with E-state index in [2.05, 4.69) is 5.32 Å². The Kier molecular flexibility index (Phi) is 6.58. The molecule has 0 bridgehead atoms. The third kappa shape index (κ3) is 4.94. The number of carbonyl (C=O) groups excluding carboxylic acids is 1. The highest BCUT2D eigenvalue weighted by Crippen LogP contribution is 2.37. The Bertz CT molecular complexity index is 791. The van der Waals surface area contributed by atoms with Gasteiger partial charge in [0, 0.05) is 17.5 Å². The van der Waals surface area contributed by atoms with E-state index in [-0.39, 0.29) is 17.1 Å². The second-order valence-corrected chi connectivity index (χ2v) is 6.68. The zero-order valence-corrected chi connectivity index (χ0v) is 15.6. The summed E-state index contributed by atoms with van der Waals surface area (Å²) in [6.07, 6.45) is -3.66. The van der Waals surface area contributed by atoms with E-state index in [1.54, 1.807) is 6.07 Å². The normalized spacial score (nSPS) is 11.3.